The first kappa shape index (κ1) is 34.9. The molecule has 2 heterocycles. The summed E-state index contributed by atoms with van der Waals surface area (Å²) in [5.74, 6) is -13.5. The molecule has 3 fully saturated rings. The summed E-state index contributed by atoms with van der Waals surface area (Å²) in [6, 6.07) is 7.59. The van der Waals surface area contributed by atoms with Gasteiger partial charge < -0.3 is 5.11 Å². The number of anilines is 2. The molecule has 3 aromatic rings. The van der Waals surface area contributed by atoms with Crippen molar-refractivity contribution in [2.45, 2.75) is 40.9 Å². The number of alkyl halides is 8. The summed E-state index contributed by atoms with van der Waals surface area (Å²) in [5.41, 5.74) is -5.00. The van der Waals surface area contributed by atoms with Crippen LogP contribution in [0.15, 0.2) is 72.3 Å². The van der Waals surface area contributed by atoms with Crippen molar-refractivity contribution in [1.82, 2.24) is 0 Å². The van der Waals surface area contributed by atoms with Crippen LogP contribution in [0, 0.1) is 29.4 Å². The molecule has 6 unspecified atom stereocenters. The minimum Gasteiger partial charge on any atom is -0.505 e. The third-order valence-electron chi connectivity index (χ3n) is 10.1. The summed E-state index contributed by atoms with van der Waals surface area (Å²) in [5, 5.41) is 10.9. The van der Waals surface area contributed by atoms with E-state index in [1.54, 1.807) is 0 Å². The lowest BCUT2D eigenvalue weighted by Gasteiger charge is -2.50. The van der Waals surface area contributed by atoms with Gasteiger partial charge in [0, 0.05) is 11.5 Å². The summed E-state index contributed by atoms with van der Waals surface area (Å²) in [6.07, 6.45) is -10.2. The van der Waals surface area contributed by atoms with E-state index in [0.717, 1.165) is 36.4 Å². The summed E-state index contributed by atoms with van der Waals surface area (Å²) in [4.78, 5) is 52.2. The van der Waals surface area contributed by atoms with Crippen LogP contribution in [-0.2, 0) is 31.5 Å². The Labute approximate surface area is 292 Å². The number of carbonyl (C=O) groups is 4. The fourth-order valence-corrected chi connectivity index (χ4v) is 8.76. The quantitative estimate of drug-likeness (QED) is 0.130. The van der Waals surface area contributed by atoms with Gasteiger partial charge in [-0.1, -0.05) is 23.8 Å². The highest BCUT2D eigenvalue weighted by atomic mass is 35.5. The van der Waals surface area contributed by atoms with Gasteiger partial charge in [-0.05, 0) is 67.3 Å². The molecular weight excluding hydrogens is 739 g/mol. The number of carbonyl (C=O) groups excluding carboxylic acids is 4. The van der Waals surface area contributed by atoms with Gasteiger partial charge >= 0.3 is 12.4 Å². The van der Waals surface area contributed by atoms with Crippen molar-refractivity contribution in [2.24, 2.45) is 17.8 Å². The van der Waals surface area contributed by atoms with Crippen molar-refractivity contribution < 1.29 is 59.4 Å². The molecule has 7 rings (SSSR count). The van der Waals surface area contributed by atoms with Crippen LogP contribution < -0.4 is 9.80 Å². The zero-order valence-corrected chi connectivity index (χ0v) is 26.8. The van der Waals surface area contributed by atoms with E-state index in [9.17, 15) is 59.4 Å². The second-order valence-corrected chi connectivity index (χ2v) is 13.9. The molecule has 3 aromatic carbocycles. The van der Waals surface area contributed by atoms with Gasteiger partial charge in [0.2, 0.25) is 11.8 Å². The van der Waals surface area contributed by atoms with Gasteiger partial charge in [0.25, 0.3) is 11.8 Å². The number of hydrogen-bond acceptors (Lipinski definition) is 5. The van der Waals surface area contributed by atoms with Crippen molar-refractivity contribution in [2.75, 3.05) is 9.80 Å². The van der Waals surface area contributed by atoms with Crippen molar-refractivity contribution in [3.05, 3.63) is 101 Å². The zero-order chi connectivity index (χ0) is 37.2. The van der Waals surface area contributed by atoms with Gasteiger partial charge in [0.05, 0.1) is 34.3 Å². The first-order chi connectivity index (χ1) is 23.7. The Morgan fingerprint density at radius 2 is 1.35 bits per heavy atom. The van der Waals surface area contributed by atoms with E-state index in [1.165, 1.54) is 12.1 Å². The van der Waals surface area contributed by atoms with E-state index >= 15 is 0 Å². The molecule has 0 spiro atoms. The second kappa shape index (κ2) is 11.2. The Hall–Kier alpha value is -4.50. The highest BCUT2D eigenvalue weighted by molar-refractivity contribution is 6.58. The third-order valence-corrected chi connectivity index (χ3v) is 11.5. The van der Waals surface area contributed by atoms with Gasteiger partial charge in [0.15, 0.2) is 21.3 Å². The summed E-state index contributed by atoms with van der Waals surface area (Å²) in [7, 11) is 0. The molecule has 2 saturated heterocycles. The smallest absolute Gasteiger partial charge is 0.416 e. The van der Waals surface area contributed by atoms with Crippen molar-refractivity contribution in [1.29, 1.82) is 0 Å². The lowest BCUT2D eigenvalue weighted by molar-refractivity contribution is -0.143. The van der Waals surface area contributed by atoms with Gasteiger partial charge in [-0.2, -0.15) is 26.3 Å². The second-order valence-electron chi connectivity index (χ2n) is 12.7. The number of fused-ring (bicyclic) bond motifs is 4. The maximum absolute atomic E-state index is 14.9. The molecule has 17 heteroatoms. The third kappa shape index (κ3) is 4.90. The molecule has 2 aliphatic carbocycles. The normalized spacial score (nSPS) is 29.3. The molecule has 51 heavy (non-hydrogen) atoms. The van der Waals surface area contributed by atoms with Crippen LogP contribution in [0.1, 0.15) is 35.4 Å². The predicted molar refractivity (Wildman–Crippen MR) is 164 cm³/mol. The largest absolute Gasteiger partial charge is 0.505 e. The molecule has 2 aliphatic heterocycles. The number of allylic oxidation sites excluding steroid dienone is 2. The molecule has 1 saturated carbocycles. The van der Waals surface area contributed by atoms with Crippen LogP contribution in [-0.4, -0.2) is 38.5 Å². The average molecular weight is 759 g/mol. The van der Waals surface area contributed by atoms with E-state index in [-0.39, 0.29) is 46.3 Å². The first-order valence-corrected chi connectivity index (χ1v) is 15.8. The highest BCUT2D eigenvalue weighted by Gasteiger charge is 2.77. The van der Waals surface area contributed by atoms with E-state index in [4.69, 9.17) is 23.2 Å². The van der Waals surface area contributed by atoms with Gasteiger partial charge in [0.1, 0.15) is 5.82 Å². The Kier molecular flexibility index (Phi) is 7.70. The molecular formula is C34H20Cl2F8N2O5. The van der Waals surface area contributed by atoms with Crippen LogP contribution in [0.3, 0.4) is 0 Å². The first-order valence-electron chi connectivity index (χ1n) is 15.1. The van der Waals surface area contributed by atoms with Gasteiger partial charge in [-0.3, -0.25) is 19.2 Å². The maximum Gasteiger partial charge on any atom is 0.416 e. The fraction of sp³-hybridized carbons (Fsp3) is 0.294. The number of amides is 4. The van der Waals surface area contributed by atoms with Crippen molar-refractivity contribution >= 4 is 58.2 Å². The number of aromatic hydroxyl groups is 1. The van der Waals surface area contributed by atoms with E-state index in [1.807, 2.05) is 0 Å². The lowest BCUT2D eigenvalue weighted by Crippen LogP contribution is -2.60. The number of phenols is 1. The minimum atomic E-state index is -5.30. The summed E-state index contributed by atoms with van der Waals surface area (Å²) >= 11 is 14.2. The van der Waals surface area contributed by atoms with Crippen LogP contribution in [0.25, 0.3) is 0 Å². The molecule has 4 aliphatic rings. The van der Waals surface area contributed by atoms with E-state index < -0.39 is 110 Å². The van der Waals surface area contributed by atoms with Crippen molar-refractivity contribution in [3.8, 4) is 5.75 Å². The van der Waals surface area contributed by atoms with Crippen molar-refractivity contribution in [3.63, 3.8) is 0 Å². The predicted octanol–water partition coefficient (Wildman–Crippen LogP) is 7.48. The Morgan fingerprint density at radius 3 is 1.94 bits per heavy atom. The average Bonchev–Trinajstić information content (AvgIpc) is 3.40. The number of phenolic OH excluding ortho intramolecular Hbond substituents is 1. The Balaban J connectivity index is 1.39. The molecule has 0 radical (unpaired) electrons. The summed E-state index contributed by atoms with van der Waals surface area (Å²) in [6.45, 7) is 0. The van der Waals surface area contributed by atoms with Crippen LogP contribution in [0.2, 0.25) is 0 Å². The fourth-order valence-electron chi connectivity index (χ4n) is 7.83. The number of hydrogen-bond donors (Lipinski definition) is 1. The molecule has 1 N–H and O–H groups in total. The number of imide groups is 2. The number of para-hydroxylation sites is 1. The SMILES string of the molecule is O=C1C2CC=C3C(CC4(Cl)C(=O)N(c5ccc(F)cc5)C(=O)C4(Cl)C3c3cccc(F)c3O)C2C(=O)N1c1cc(C(F)(F)F)cc(C(F)(F)F)c1. The maximum atomic E-state index is 14.9. The molecule has 7 nitrogen and oxygen atoms in total. The molecule has 0 bridgehead atoms. The standard InChI is InChI=1S/C34H20Cl2F8N2O5/c35-31-13-22-19(8-9-20-24(22)28(49)45(27(20)48)18-11-14(33(39,40)41)10-15(12-18)34(42,43)44)25(21-2-1-3-23(38)26(21)47)32(31,36)30(51)46(29(31)50)17-6-4-16(37)5-7-17/h1-8,10-12,20,22,24-25,47H,9,13H2. The number of benzene rings is 3. The monoisotopic (exact) mass is 758 g/mol. The van der Waals surface area contributed by atoms with Gasteiger partial charge in [-0.15, -0.1) is 23.2 Å². The number of rotatable bonds is 3. The Bertz CT molecular complexity index is 2060. The molecule has 4 amide bonds. The Morgan fingerprint density at radius 1 is 0.745 bits per heavy atom. The zero-order valence-electron chi connectivity index (χ0n) is 25.3. The van der Waals surface area contributed by atoms with E-state index in [2.05, 4.69) is 0 Å². The van der Waals surface area contributed by atoms with Crippen LogP contribution in [0.5, 0.6) is 5.75 Å². The minimum absolute atomic E-state index is 0.0496. The topological polar surface area (TPSA) is 95.0 Å². The lowest BCUT2D eigenvalue weighted by atomic mass is 9.56. The van der Waals surface area contributed by atoms with Gasteiger partial charge in [-0.25, -0.2) is 18.6 Å². The summed E-state index contributed by atoms with van der Waals surface area (Å²) < 4.78 is 111. The highest BCUT2D eigenvalue weighted by Crippen LogP contribution is 2.66. The molecule has 6 atom stereocenters. The number of halogens is 10. The van der Waals surface area contributed by atoms with E-state index in [0.29, 0.717) is 4.90 Å². The molecule has 0 aromatic heterocycles. The number of nitrogens with zero attached hydrogens (tertiary/aromatic N) is 2. The van der Waals surface area contributed by atoms with Crippen LogP contribution >= 0.6 is 23.2 Å². The molecule has 266 valence electrons. The van der Waals surface area contributed by atoms with Crippen LogP contribution in [0.4, 0.5) is 46.5 Å².